The Balaban J connectivity index is 1.68. The van der Waals surface area contributed by atoms with Gasteiger partial charge in [0.1, 0.15) is 0 Å². The second-order valence-electron chi connectivity index (χ2n) is 7.63. The normalized spacial score (nSPS) is 15.9. The molecular weight excluding hydrogens is 392 g/mol. The molecule has 1 aromatic carbocycles. The van der Waals surface area contributed by atoms with Gasteiger partial charge in [-0.05, 0) is 43.9 Å². The molecule has 0 heterocycles. The van der Waals surface area contributed by atoms with Crippen molar-refractivity contribution < 1.29 is 18.0 Å². The van der Waals surface area contributed by atoms with Crippen LogP contribution in [0.3, 0.4) is 0 Å². The number of hydrogen-bond donors (Lipinski definition) is 4. The molecule has 0 spiro atoms. The van der Waals surface area contributed by atoms with Crippen molar-refractivity contribution in [3.8, 4) is 0 Å². The predicted octanol–water partition coefficient (Wildman–Crippen LogP) is 2.65. The summed E-state index contributed by atoms with van der Waals surface area (Å²) in [5.74, 6) is -0.117. The number of carbonyl (C=O) groups excluding carboxylic acids is 2. The predicted molar refractivity (Wildman–Crippen MR) is 114 cm³/mol. The second-order valence-corrected chi connectivity index (χ2v) is 9.38. The molecule has 3 amide bonds. The van der Waals surface area contributed by atoms with Crippen molar-refractivity contribution in [2.75, 3.05) is 17.5 Å². The van der Waals surface area contributed by atoms with Crippen molar-refractivity contribution in [3.05, 3.63) is 29.8 Å². The molecule has 1 atom stereocenters. The smallest absolute Gasteiger partial charge is 0.315 e. The molecule has 1 saturated carbocycles. The quantitative estimate of drug-likeness (QED) is 0.456. The zero-order valence-electron chi connectivity index (χ0n) is 17.2. The van der Waals surface area contributed by atoms with Gasteiger partial charge in [0.05, 0.1) is 12.3 Å². The first-order valence-corrected chi connectivity index (χ1v) is 12.0. The van der Waals surface area contributed by atoms with Gasteiger partial charge < -0.3 is 16.0 Å². The van der Waals surface area contributed by atoms with Crippen molar-refractivity contribution in [1.29, 1.82) is 0 Å². The molecule has 29 heavy (non-hydrogen) atoms. The van der Waals surface area contributed by atoms with Crippen LogP contribution in [0, 0.1) is 0 Å². The maximum atomic E-state index is 12.2. The number of nitrogens with one attached hydrogen (secondary N) is 4. The van der Waals surface area contributed by atoms with Crippen LogP contribution in [-0.2, 0) is 14.8 Å². The lowest BCUT2D eigenvalue weighted by molar-refractivity contribution is -0.121. The summed E-state index contributed by atoms with van der Waals surface area (Å²) in [6, 6.07) is 6.76. The van der Waals surface area contributed by atoms with E-state index in [1.165, 1.54) is 6.42 Å². The van der Waals surface area contributed by atoms with Gasteiger partial charge in [-0.2, -0.15) is 0 Å². The Bertz CT molecular complexity index is 791. The van der Waals surface area contributed by atoms with E-state index in [4.69, 9.17) is 0 Å². The number of amides is 3. The van der Waals surface area contributed by atoms with E-state index in [1.807, 2.05) is 13.0 Å². The highest BCUT2D eigenvalue weighted by Gasteiger charge is 2.15. The summed E-state index contributed by atoms with van der Waals surface area (Å²) in [4.78, 5) is 24.0. The zero-order valence-corrected chi connectivity index (χ0v) is 18.0. The minimum absolute atomic E-state index is 0.117. The highest BCUT2D eigenvalue weighted by molar-refractivity contribution is 7.92. The Morgan fingerprint density at radius 1 is 1.17 bits per heavy atom. The van der Waals surface area contributed by atoms with Crippen LogP contribution in [-0.4, -0.2) is 39.2 Å². The van der Waals surface area contributed by atoms with E-state index in [0.717, 1.165) is 37.5 Å². The summed E-state index contributed by atoms with van der Waals surface area (Å²) in [6.07, 6.45) is 7.58. The van der Waals surface area contributed by atoms with Gasteiger partial charge in [0, 0.05) is 24.7 Å². The van der Waals surface area contributed by atoms with Crippen LogP contribution in [0.2, 0.25) is 0 Å². The van der Waals surface area contributed by atoms with Crippen LogP contribution in [0.4, 0.5) is 10.5 Å². The lowest BCUT2D eigenvalue weighted by Crippen LogP contribution is -2.43. The lowest BCUT2D eigenvalue weighted by Gasteiger charge is -2.22. The first kappa shape index (κ1) is 23.0. The number of carbonyl (C=O) groups is 2. The van der Waals surface area contributed by atoms with Crippen molar-refractivity contribution in [3.63, 3.8) is 0 Å². The maximum Gasteiger partial charge on any atom is 0.315 e. The summed E-state index contributed by atoms with van der Waals surface area (Å²) in [5, 5.41) is 8.68. The monoisotopic (exact) mass is 424 g/mol. The third-order valence-corrected chi connectivity index (χ3v) is 5.48. The fourth-order valence-electron chi connectivity index (χ4n) is 3.42. The molecule has 1 aromatic rings. The van der Waals surface area contributed by atoms with E-state index < -0.39 is 10.0 Å². The molecule has 1 aliphatic rings. The fraction of sp³-hybridized carbons (Fsp3) is 0.600. The average Bonchev–Trinajstić information content (AvgIpc) is 2.65. The van der Waals surface area contributed by atoms with Gasteiger partial charge in [0.25, 0.3) is 0 Å². The van der Waals surface area contributed by atoms with Crippen LogP contribution in [0.25, 0.3) is 0 Å². The second kappa shape index (κ2) is 11.0. The Kier molecular flexibility index (Phi) is 8.75. The van der Waals surface area contributed by atoms with Gasteiger partial charge in [-0.3, -0.25) is 9.52 Å². The number of benzene rings is 1. The fourth-order valence-corrected chi connectivity index (χ4v) is 3.97. The van der Waals surface area contributed by atoms with E-state index in [9.17, 15) is 18.0 Å². The summed E-state index contributed by atoms with van der Waals surface area (Å²) in [7, 11) is -3.35. The molecule has 162 valence electrons. The largest absolute Gasteiger partial charge is 0.350 e. The zero-order chi connectivity index (χ0) is 21.3. The molecule has 0 radical (unpaired) electrons. The first-order valence-electron chi connectivity index (χ1n) is 10.1. The van der Waals surface area contributed by atoms with Gasteiger partial charge in [-0.1, -0.05) is 31.4 Å². The van der Waals surface area contributed by atoms with E-state index in [1.54, 1.807) is 18.2 Å². The highest BCUT2D eigenvalue weighted by atomic mass is 32.2. The molecule has 1 unspecified atom stereocenters. The Hall–Kier alpha value is -2.29. The van der Waals surface area contributed by atoms with Crippen LogP contribution in [0.5, 0.6) is 0 Å². The molecule has 8 nitrogen and oxygen atoms in total. The average molecular weight is 425 g/mol. The van der Waals surface area contributed by atoms with E-state index in [-0.39, 0.29) is 24.0 Å². The lowest BCUT2D eigenvalue weighted by atomic mass is 9.96. The highest BCUT2D eigenvalue weighted by Crippen LogP contribution is 2.18. The van der Waals surface area contributed by atoms with E-state index in [0.29, 0.717) is 25.1 Å². The van der Waals surface area contributed by atoms with E-state index in [2.05, 4.69) is 20.7 Å². The molecule has 0 saturated heterocycles. The van der Waals surface area contributed by atoms with Crippen molar-refractivity contribution >= 4 is 27.6 Å². The first-order chi connectivity index (χ1) is 13.7. The molecule has 1 fully saturated rings. The van der Waals surface area contributed by atoms with Crippen LogP contribution >= 0.6 is 0 Å². The number of urea groups is 1. The van der Waals surface area contributed by atoms with Gasteiger partial charge in [-0.25, -0.2) is 13.2 Å². The summed E-state index contributed by atoms with van der Waals surface area (Å²) >= 11 is 0. The summed E-state index contributed by atoms with van der Waals surface area (Å²) in [5.41, 5.74) is 1.26. The number of sulfonamides is 1. The molecule has 2 rings (SSSR count). The van der Waals surface area contributed by atoms with Crippen LogP contribution in [0.1, 0.15) is 63.5 Å². The molecule has 0 aliphatic heterocycles. The molecule has 9 heteroatoms. The van der Waals surface area contributed by atoms with Crippen LogP contribution in [0.15, 0.2) is 24.3 Å². The van der Waals surface area contributed by atoms with E-state index >= 15 is 0 Å². The topological polar surface area (TPSA) is 116 Å². The van der Waals surface area contributed by atoms with Gasteiger partial charge >= 0.3 is 6.03 Å². The Labute approximate surface area is 173 Å². The number of hydrogen-bond acceptors (Lipinski definition) is 4. The number of rotatable bonds is 9. The SMILES string of the molecule is CC(NC(=O)CCCNC(=O)NC1CCCCC1)c1cccc(NS(C)(=O)=O)c1. The summed E-state index contributed by atoms with van der Waals surface area (Å²) in [6.45, 7) is 2.28. The molecule has 1 aliphatic carbocycles. The van der Waals surface area contributed by atoms with Gasteiger partial charge in [-0.15, -0.1) is 0 Å². The van der Waals surface area contributed by atoms with Crippen molar-refractivity contribution in [2.45, 2.75) is 64.0 Å². The molecule has 0 aromatic heterocycles. The third kappa shape index (κ3) is 9.17. The van der Waals surface area contributed by atoms with Crippen molar-refractivity contribution in [1.82, 2.24) is 16.0 Å². The van der Waals surface area contributed by atoms with Gasteiger partial charge in [0.15, 0.2) is 0 Å². The molecule has 0 bridgehead atoms. The van der Waals surface area contributed by atoms with Crippen molar-refractivity contribution in [2.24, 2.45) is 0 Å². The minimum Gasteiger partial charge on any atom is -0.350 e. The number of anilines is 1. The standard InChI is InChI=1S/C20H32N4O4S/c1-15(16-8-6-11-18(14-16)24-29(2,27)28)22-19(25)12-7-13-21-20(26)23-17-9-4-3-5-10-17/h6,8,11,14-15,17,24H,3-5,7,9-10,12-13H2,1-2H3,(H,22,25)(H2,21,23,26). The Morgan fingerprint density at radius 2 is 1.90 bits per heavy atom. The molecule has 4 N–H and O–H groups in total. The maximum absolute atomic E-state index is 12.2. The molecular formula is C20H32N4O4S. The Morgan fingerprint density at radius 3 is 2.59 bits per heavy atom. The minimum atomic E-state index is -3.35. The third-order valence-electron chi connectivity index (χ3n) is 4.87. The summed E-state index contributed by atoms with van der Waals surface area (Å²) < 4.78 is 25.1. The van der Waals surface area contributed by atoms with Crippen LogP contribution < -0.4 is 20.7 Å². The van der Waals surface area contributed by atoms with Gasteiger partial charge in [0.2, 0.25) is 15.9 Å².